The summed E-state index contributed by atoms with van der Waals surface area (Å²) in [6.07, 6.45) is 5.18. The molecule has 0 bridgehead atoms. The highest BCUT2D eigenvalue weighted by Crippen LogP contribution is 2.38. The fourth-order valence-corrected chi connectivity index (χ4v) is 4.19. The molecule has 0 aromatic carbocycles. The van der Waals surface area contributed by atoms with Crippen molar-refractivity contribution in [3.63, 3.8) is 0 Å². The topological polar surface area (TPSA) is 63.4 Å². The van der Waals surface area contributed by atoms with Crippen LogP contribution in [0.5, 0.6) is 0 Å². The first-order valence-corrected chi connectivity index (χ1v) is 12.0. The van der Waals surface area contributed by atoms with E-state index in [-0.39, 0.29) is 11.6 Å². The lowest BCUT2D eigenvalue weighted by Gasteiger charge is -2.42. The predicted octanol–water partition coefficient (Wildman–Crippen LogP) is 2.30. The Balaban J connectivity index is 1.72. The number of aliphatic hydroxyl groups is 1. The van der Waals surface area contributed by atoms with Gasteiger partial charge in [-0.2, -0.15) is 0 Å². The Bertz CT molecular complexity index is 505. The van der Waals surface area contributed by atoms with Crippen molar-refractivity contribution in [2.24, 2.45) is 0 Å². The van der Waals surface area contributed by atoms with Crippen LogP contribution in [0.3, 0.4) is 0 Å². The van der Waals surface area contributed by atoms with Crippen molar-refractivity contribution in [3.05, 3.63) is 11.9 Å². The zero-order valence-corrected chi connectivity index (χ0v) is 17.0. The molecule has 0 saturated carbocycles. The Labute approximate surface area is 147 Å². The molecule has 1 N–H and O–H groups in total. The molecule has 1 aliphatic heterocycles. The number of aliphatic hydroxyl groups excluding tert-OH is 1. The Morgan fingerprint density at radius 1 is 1.25 bits per heavy atom. The van der Waals surface area contributed by atoms with E-state index in [0.717, 1.165) is 44.7 Å². The largest absolute Gasteiger partial charge is 0.414 e. The molecule has 0 amide bonds. The van der Waals surface area contributed by atoms with Gasteiger partial charge in [0.1, 0.15) is 0 Å². The Morgan fingerprint density at radius 2 is 1.92 bits per heavy atom. The van der Waals surface area contributed by atoms with Crippen LogP contribution in [0.2, 0.25) is 18.1 Å². The second kappa shape index (κ2) is 8.08. The second-order valence-corrected chi connectivity index (χ2v) is 13.1. The number of hydrogen-bond donors (Lipinski definition) is 1. The smallest absolute Gasteiger partial charge is 0.192 e. The maximum absolute atomic E-state index is 8.92. The summed E-state index contributed by atoms with van der Waals surface area (Å²) < 4.78 is 8.42. The number of hydrogen-bond acceptors (Lipinski definition) is 5. The molecule has 1 fully saturated rings. The van der Waals surface area contributed by atoms with Gasteiger partial charge in [-0.25, -0.2) is 0 Å². The fraction of sp³-hybridized carbons (Fsp3) is 0.882. The average Bonchev–Trinajstić information content (AvgIpc) is 2.93. The van der Waals surface area contributed by atoms with Gasteiger partial charge in [-0.15, -0.1) is 5.10 Å². The molecule has 1 aromatic rings. The first-order valence-electron chi connectivity index (χ1n) is 9.11. The third-order valence-electron chi connectivity index (χ3n) is 5.40. The van der Waals surface area contributed by atoms with Crippen LogP contribution in [0.25, 0.3) is 0 Å². The molecule has 138 valence electrons. The van der Waals surface area contributed by atoms with Crippen LogP contribution in [-0.4, -0.2) is 65.7 Å². The van der Waals surface area contributed by atoms with E-state index in [9.17, 15) is 0 Å². The van der Waals surface area contributed by atoms with Crippen LogP contribution >= 0.6 is 0 Å². The van der Waals surface area contributed by atoms with Crippen molar-refractivity contribution in [2.75, 3.05) is 26.2 Å². The van der Waals surface area contributed by atoms with Crippen LogP contribution in [0, 0.1) is 0 Å². The molecule has 0 radical (unpaired) electrons. The number of nitrogens with zero attached hydrogens (tertiary/aromatic N) is 4. The Hall–Kier alpha value is -0.763. The fourth-order valence-electron chi connectivity index (χ4n) is 2.76. The highest BCUT2D eigenvalue weighted by Gasteiger charge is 2.39. The van der Waals surface area contributed by atoms with Gasteiger partial charge in [-0.05, 0) is 31.0 Å². The standard InChI is InChI=1S/C17H34N4O2Si/c1-17(2,3)24(4,5)23-16-6-9-20(10-7-16)11-12-21-14-15(8-13-22)18-19-21/h14,16,22H,6-13H2,1-5H3. The summed E-state index contributed by atoms with van der Waals surface area (Å²) in [6.45, 7) is 15.8. The van der Waals surface area contributed by atoms with Gasteiger partial charge < -0.3 is 14.4 Å². The summed E-state index contributed by atoms with van der Waals surface area (Å²) in [4.78, 5) is 2.49. The lowest BCUT2D eigenvalue weighted by Crippen LogP contribution is -2.47. The first-order chi connectivity index (χ1) is 11.2. The van der Waals surface area contributed by atoms with E-state index >= 15 is 0 Å². The van der Waals surface area contributed by atoms with E-state index < -0.39 is 8.32 Å². The van der Waals surface area contributed by atoms with Crippen molar-refractivity contribution in [1.29, 1.82) is 0 Å². The summed E-state index contributed by atoms with van der Waals surface area (Å²) in [5.41, 5.74) is 0.860. The lowest BCUT2D eigenvalue weighted by atomic mass is 10.1. The lowest BCUT2D eigenvalue weighted by molar-refractivity contribution is 0.0874. The molecule has 0 atom stereocenters. The van der Waals surface area contributed by atoms with E-state index in [2.05, 4.69) is 49.1 Å². The van der Waals surface area contributed by atoms with E-state index in [1.54, 1.807) is 0 Å². The number of aromatic nitrogens is 3. The minimum absolute atomic E-state index is 0.125. The highest BCUT2D eigenvalue weighted by atomic mass is 28.4. The predicted molar refractivity (Wildman–Crippen MR) is 98.6 cm³/mol. The normalized spacial score (nSPS) is 18.2. The van der Waals surface area contributed by atoms with Crippen molar-refractivity contribution in [2.45, 2.75) is 70.8 Å². The van der Waals surface area contributed by atoms with Gasteiger partial charge in [0.15, 0.2) is 8.32 Å². The Kier molecular flexibility index (Phi) is 6.58. The van der Waals surface area contributed by atoms with Gasteiger partial charge in [-0.1, -0.05) is 26.0 Å². The van der Waals surface area contributed by atoms with Crippen molar-refractivity contribution in [3.8, 4) is 0 Å². The van der Waals surface area contributed by atoms with Crippen molar-refractivity contribution in [1.82, 2.24) is 19.9 Å². The van der Waals surface area contributed by atoms with Crippen LogP contribution in [0.4, 0.5) is 0 Å². The molecule has 0 aliphatic carbocycles. The summed E-state index contributed by atoms with van der Waals surface area (Å²) in [6, 6.07) is 0. The van der Waals surface area contributed by atoms with Gasteiger partial charge in [0.05, 0.1) is 12.2 Å². The minimum atomic E-state index is -1.65. The molecule has 0 spiro atoms. The molecule has 24 heavy (non-hydrogen) atoms. The van der Waals surface area contributed by atoms with Gasteiger partial charge >= 0.3 is 0 Å². The summed E-state index contributed by atoms with van der Waals surface area (Å²) >= 11 is 0. The molecule has 1 aliphatic rings. The van der Waals surface area contributed by atoms with Crippen molar-refractivity contribution >= 4 is 8.32 Å². The molecule has 0 unspecified atom stereocenters. The van der Waals surface area contributed by atoms with E-state index in [4.69, 9.17) is 9.53 Å². The van der Waals surface area contributed by atoms with Crippen LogP contribution in [0.15, 0.2) is 6.20 Å². The summed E-state index contributed by atoms with van der Waals surface area (Å²) in [5.74, 6) is 0. The first kappa shape index (κ1) is 19.6. The zero-order valence-electron chi connectivity index (χ0n) is 16.0. The maximum Gasteiger partial charge on any atom is 0.192 e. The molecule has 2 heterocycles. The van der Waals surface area contributed by atoms with E-state index in [1.807, 2.05) is 10.9 Å². The van der Waals surface area contributed by atoms with Gasteiger partial charge in [0.25, 0.3) is 0 Å². The number of likely N-dealkylation sites (tertiary alicyclic amines) is 1. The number of piperidine rings is 1. The van der Waals surface area contributed by atoms with Gasteiger partial charge in [0.2, 0.25) is 0 Å². The summed E-state index contributed by atoms with van der Waals surface area (Å²) in [7, 11) is -1.65. The highest BCUT2D eigenvalue weighted by molar-refractivity contribution is 6.74. The molecule has 7 heteroatoms. The second-order valence-electron chi connectivity index (χ2n) is 8.37. The molecule has 1 saturated heterocycles. The average molecular weight is 355 g/mol. The monoisotopic (exact) mass is 354 g/mol. The van der Waals surface area contributed by atoms with E-state index in [0.29, 0.717) is 12.5 Å². The minimum Gasteiger partial charge on any atom is -0.414 e. The van der Waals surface area contributed by atoms with E-state index in [1.165, 1.54) is 0 Å². The quantitative estimate of drug-likeness (QED) is 0.761. The van der Waals surface area contributed by atoms with Crippen LogP contribution in [0.1, 0.15) is 39.3 Å². The SMILES string of the molecule is CC(C)(C)[Si](C)(C)OC1CCN(CCn2cc(CCO)nn2)CC1. The third kappa shape index (κ3) is 5.37. The maximum atomic E-state index is 8.92. The molecular weight excluding hydrogens is 320 g/mol. The Morgan fingerprint density at radius 3 is 2.50 bits per heavy atom. The zero-order chi connectivity index (χ0) is 17.8. The van der Waals surface area contributed by atoms with Crippen LogP contribution in [-0.2, 0) is 17.4 Å². The van der Waals surface area contributed by atoms with Gasteiger partial charge in [-0.3, -0.25) is 4.68 Å². The van der Waals surface area contributed by atoms with Crippen LogP contribution < -0.4 is 0 Å². The van der Waals surface area contributed by atoms with Gasteiger partial charge in [0, 0.05) is 45.0 Å². The molecular formula is C17H34N4O2Si. The number of rotatable bonds is 7. The molecule has 2 rings (SSSR count). The molecule has 1 aromatic heterocycles. The third-order valence-corrected chi connectivity index (χ3v) is 9.94. The summed E-state index contributed by atoms with van der Waals surface area (Å²) in [5, 5.41) is 17.4. The van der Waals surface area contributed by atoms with Crippen molar-refractivity contribution < 1.29 is 9.53 Å². The molecule has 6 nitrogen and oxygen atoms in total.